The van der Waals surface area contributed by atoms with Crippen LogP contribution in [0.5, 0.6) is 0 Å². The molecule has 6 heteroatoms. The van der Waals surface area contributed by atoms with E-state index in [1.807, 2.05) is 36.7 Å². The summed E-state index contributed by atoms with van der Waals surface area (Å²) in [6.45, 7) is 3.13. The van der Waals surface area contributed by atoms with E-state index in [4.69, 9.17) is 4.74 Å². The second-order valence-corrected chi connectivity index (χ2v) is 6.91. The van der Waals surface area contributed by atoms with Gasteiger partial charge in [0.25, 0.3) is 5.91 Å². The molecule has 3 aromatic heterocycles. The van der Waals surface area contributed by atoms with Crippen molar-refractivity contribution in [1.82, 2.24) is 15.3 Å². The maximum Gasteiger partial charge on any atom is 0.270 e. The molecule has 0 atom stereocenters. The Labute approximate surface area is 143 Å². The maximum atomic E-state index is 12.4. The molecule has 4 rings (SSSR count). The van der Waals surface area contributed by atoms with Gasteiger partial charge >= 0.3 is 0 Å². The Morgan fingerprint density at radius 3 is 2.96 bits per heavy atom. The molecule has 3 aromatic rings. The van der Waals surface area contributed by atoms with E-state index in [1.54, 1.807) is 11.3 Å². The smallest absolute Gasteiger partial charge is 0.270 e. The standard InChI is InChI=1S/C18H17N3O2S/c1-11-2-3-12(8-19-11)6-13-7-16(18(22)20-14-9-23-10-14)21-15-4-5-24-17(13)15/h2-5,7-8,14H,6,9-10H2,1H3,(H,20,22). The SMILES string of the molecule is Cc1ccc(Cc2cc(C(=O)NC3COC3)nc3ccsc23)cn1. The fraction of sp³-hybridized carbons (Fsp3) is 0.278. The van der Waals surface area contributed by atoms with Gasteiger partial charge in [-0.1, -0.05) is 6.07 Å². The zero-order chi connectivity index (χ0) is 16.5. The van der Waals surface area contributed by atoms with E-state index in [2.05, 4.69) is 21.4 Å². The number of carbonyl (C=O) groups excluding carboxylic acids is 1. The minimum Gasteiger partial charge on any atom is -0.377 e. The Hall–Kier alpha value is -2.31. The first-order valence-corrected chi connectivity index (χ1v) is 8.74. The van der Waals surface area contributed by atoms with E-state index in [9.17, 15) is 4.79 Å². The molecule has 1 aliphatic heterocycles. The van der Waals surface area contributed by atoms with Crippen molar-refractivity contribution in [2.24, 2.45) is 0 Å². The predicted molar refractivity (Wildman–Crippen MR) is 93.5 cm³/mol. The van der Waals surface area contributed by atoms with Crippen molar-refractivity contribution in [2.75, 3.05) is 13.2 Å². The van der Waals surface area contributed by atoms with Crippen LogP contribution in [0.3, 0.4) is 0 Å². The molecule has 1 N–H and O–H groups in total. The number of nitrogens with zero attached hydrogens (tertiary/aromatic N) is 2. The summed E-state index contributed by atoms with van der Waals surface area (Å²) in [4.78, 5) is 21.3. The van der Waals surface area contributed by atoms with Crippen LogP contribution in [0.2, 0.25) is 0 Å². The Morgan fingerprint density at radius 1 is 1.38 bits per heavy atom. The minimum absolute atomic E-state index is 0.0993. The fourth-order valence-corrected chi connectivity index (χ4v) is 3.52. The molecule has 24 heavy (non-hydrogen) atoms. The summed E-state index contributed by atoms with van der Waals surface area (Å²) in [6.07, 6.45) is 2.63. The Kier molecular flexibility index (Phi) is 4.00. The zero-order valence-electron chi connectivity index (χ0n) is 13.3. The van der Waals surface area contributed by atoms with Gasteiger partial charge in [0.05, 0.1) is 29.5 Å². The Balaban J connectivity index is 1.66. The van der Waals surface area contributed by atoms with Gasteiger partial charge in [0.15, 0.2) is 0 Å². The number of hydrogen-bond donors (Lipinski definition) is 1. The summed E-state index contributed by atoms with van der Waals surface area (Å²) in [6, 6.07) is 8.04. The van der Waals surface area contributed by atoms with E-state index in [0.717, 1.165) is 33.5 Å². The number of hydrogen-bond acceptors (Lipinski definition) is 5. The van der Waals surface area contributed by atoms with Gasteiger partial charge in [-0.25, -0.2) is 4.98 Å². The molecule has 122 valence electrons. The number of fused-ring (bicyclic) bond motifs is 1. The molecule has 4 heterocycles. The van der Waals surface area contributed by atoms with Crippen molar-refractivity contribution in [3.8, 4) is 0 Å². The van der Waals surface area contributed by atoms with Crippen LogP contribution in [-0.4, -0.2) is 35.1 Å². The van der Waals surface area contributed by atoms with E-state index in [1.165, 1.54) is 0 Å². The summed E-state index contributed by atoms with van der Waals surface area (Å²) in [5.74, 6) is -0.139. The van der Waals surface area contributed by atoms with E-state index < -0.39 is 0 Å². The number of ether oxygens (including phenoxy) is 1. The molecule has 0 spiro atoms. The number of carbonyl (C=O) groups is 1. The first-order chi connectivity index (χ1) is 11.7. The van der Waals surface area contributed by atoms with Crippen molar-refractivity contribution in [1.29, 1.82) is 0 Å². The van der Waals surface area contributed by atoms with Crippen LogP contribution in [0.1, 0.15) is 27.3 Å². The summed E-state index contributed by atoms with van der Waals surface area (Å²) in [7, 11) is 0. The molecule has 0 saturated carbocycles. The molecule has 5 nitrogen and oxygen atoms in total. The third-order valence-corrected chi connectivity index (χ3v) is 5.04. The lowest BCUT2D eigenvalue weighted by Crippen LogP contribution is -2.48. The van der Waals surface area contributed by atoms with Crippen molar-refractivity contribution >= 4 is 27.5 Å². The van der Waals surface area contributed by atoms with Gasteiger partial charge in [-0.05, 0) is 41.6 Å². The van der Waals surface area contributed by atoms with Crippen LogP contribution in [0, 0.1) is 6.92 Å². The van der Waals surface area contributed by atoms with Gasteiger partial charge < -0.3 is 10.1 Å². The highest BCUT2D eigenvalue weighted by Gasteiger charge is 2.22. The lowest BCUT2D eigenvalue weighted by Gasteiger charge is -2.26. The Bertz CT molecular complexity index is 885. The molecule has 0 unspecified atom stereocenters. The van der Waals surface area contributed by atoms with Crippen LogP contribution >= 0.6 is 11.3 Å². The van der Waals surface area contributed by atoms with Crippen LogP contribution < -0.4 is 5.32 Å². The summed E-state index contributed by atoms with van der Waals surface area (Å²) >= 11 is 1.65. The Morgan fingerprint density at radius 2 is 2.25 bits per heavy atom. The molecule has 0 aliphatic carbocycles. The maximum absolute atomic E-state index is 12.4. The monoisotopic (exact) mass is 339 g/mol. The van der Waals surface area contributed by atoms with Gasteiger partial charge in [-0.15, -0.1) is 11.3 Å². The summed E-state index contributed by atoms with van der Waals surface area (Å²) in [5, 5.41) is 4.96. The van der Waals surface area contributed by atoms with Crippen LogP contribution in [-0.2, 0) is 11.2 Å². The van der Waals surface area contributed by atoms with E-state index >= 15 is 0 Å². The van der Waals surface area contributed by atoms with Gasteiger partial charge in [0, 0.05) is 18.3 Å². The van der Waals surface area contributed by atoms with Crippen molar-refractivity contribution in [3.05, 3.63) is 58.4 Å². The average Bonchev–Trinajstić information content (AvgIpc) is 3.01. The number of amides is 1. The van der Waals surface area contributed by atoms with Crippen molar-refractivity contribution < 1.29 is 9.53 Å². The third-order valence-electron chi connectivity index (χ3n) is 4.06. The topological polar surface area (TPSA) is 64.1 Å². The second kappa shape index (κ2) is 6.30. The lowest BCUT2D eigenvalue weighted by atomic mass is 10.1. The molecular formula is C18H17N3O2S. The predicted octanol–water partition coefficient (Wildman–Crippen LogP) is 2.72. The second-order valence-electron chi connectivity index (χ2n) is 5.99. The molecule has 1 aliphatic rings. The molecule has 1 amide bonds. The summed E-state index contributed by atoms with van der Waals surface area (Å²) < 4.78 is 6.23. The third kappa shape index (κ3) is 3.02. The largest absolute Gasteiger partial charge is 0.377 e. The normalized spacial score (nSPS) is 14.5. The fourth-order valence-electron chi connectivity index (χ4n) is 2.67. The van der Waals surface area contributed by atoms with Crippen LogP contribution in [0.25, 0.3) is 10.2 Å². The first kappa shape index (κ1) is 15.2. The van der Waals surface area contributed by atoms with Crippen molar-refractivity contribution in [3.63, 3.8) is 0 Å². The average molecular weight is 339 g/mol. The quantitative estimate of drug-likeness (QED) is 0.794. The number of thiophene rings is 1. The molecule has 1 saturated heterocycles. The highest BCUT2D eigenvalue weighted by molar-refractivity contribution is 7.17. The highest BCUT2D eigenvalue weighted by Crippen LogP contribution is 2.26. The highest BCUT2D eigenvalue weighted by atomic mass is 32.1. The number of nitrogens with one attached hydrogen (secondary N) is 1. The lowest BCUT2D eigenvalue weighted by molar-refractivity contribution is -0.00354. The molecule has 0 aromatic carbocycles. The van der Waals surface area contributed by atoms with Gasteiger partial charge in [-0.3, -0.25) is 9.78 Å². The zero-order valence-corrected chi connectivity index (χ0v) is 14.1. The van der Waals surface area contributed by atoms with E-state index in [0.29, 0.717) is 18.9 Å². The molecule has 1 fully saturated rings. The number of pyridine rings is 2. The van der Waals surface area contributed by atoms with Gasteiger partial charge in [0.1, 0.15) is 5.69 Å². The number of rotatable bonds is 4. The van der Waals surface area contributed by atoms with E-state index in [-0.39, 0.29) is 11.9 Å². The van der Waals surface area contributed by atoms with Crippen LogP contribution in [0.15, 0.2) is 35.8 Å². The van der Waals surface area contributed by atoms with Crippen molar-refractivity contribution in [2.45, 2.75) is 19.4 Å². The number of aromatic nitrogens is 2. The van der Waals surface area contributed by atoms with Gasteiger partial charge in [-0.2, -0.15) is 0 Å². The molecule has 0 bridgehead atoms. The van der Waals surface area contributed by atoms with Crippen LogP contribution in [0.4, 0.5) is 0 Å². The molecule has 0 radical (unpaired) electrons. The summed E-state index contributed by atoms with van der Waals surface area (Å²) in [5.41, 5.74) is 4.56. The molecular weight excluding hydrogens is 322 g/mol. The first-order valence-electron chi connectivity index (χ1n) is 7.86. The van der Waals surface area contributed by atoms with Gasteiger partial charge in [0.2, 0.25) is 0 Å². The number of aryl methyl sites for hydroxylation is 1. The minimum atomic E-state index is -0.139.